The lowest BCUT2D eigenvalue weighted by molar-refractivity contribution is -0.0515. The van der Waals surface area contributed by atoms with Crippen LogP contribution in [0, 0.1) is 0 Å². The number of pyridine rings is 1. The Morgan fingerprint density at radius 2 is 1.94 bits per heavy atom. The van der Waals surface area contributed by atoms with Gasteiger partial charge in [-0.1, -0.05) is 12.1 Å². The molecule has 0 spiro atoms. The lowest BCUT2D eigenvalue weighted by atomic mass is 10.1. The SMILES string of the molecule is CO[N+](C(=O)c1cccnc1)(c1cccc(-c2nn[nH]n2)c1)c1ccc(OC(F)F)c(C2CC2)c1. The van der Waals surface area contributed by atoms with E-state index in [1.165, 1.54) is 19.4 Å². The van der Waals surface area contributed by atoms with E-state index in [-0.39, 0.29) is 11.7 Å². The molecule has 4 aromatic rings. The minimum Gasteiger partial charge on any atom is -0.435 e. The molecule has 1 unspecified atom stereocenters. The van der Waals surface area contributed by atoms with Crippen molar-refractivity contribution in [1.29, 1.82) is 0 Å². The molecule has 0 aliphatic heterocycles. The molecule has 1 fully saturated rings. The number of H-pyrrole nitrogens is 1. The smallest absolute Gasteiger partial charge is 0.390 e. The fourth-order valence-electron chi connectivity index (χ4n) is 4.12. The molecule has 0 radical (unpaired) electrons. The second kappa shape index (κ2) is 9.28. The predicted molar refractivity (Wildman–Crippen MR) is 122 cm³/mol. The summed E-state index contributed by atoms with van der Waals surface area (Å²) in [5, 5.41) is 14.0. The fourth-order valence-corrected chi connectivity index (χ4v) is 4.12. The third kappa shape index (κ3) is 4.27. The third-order valence-corrected chi connectivity index (χ3v) is 5.87. The molecule has 35 heavy (non-hydrogen) atoms. The van der Waals surface area contributed by atoms with Crippen LogP contribution in [0.2, 0.25) is 0 Å². The normalized spacial score (nSPS) is 15.1. The maximum Gasteiger partial charge on any atom is 0.390 e. The first-order valence-corrected chi connectivity index (χ1v) is 10.9. The van der Waals surface area contributed by atoms with E-state index in [1.54, 1.807) is 54.7 Å². The quantitative estimate of drug-likeness (QED) is 0.287. The third-order valence-electron chi connectivity index (χ3n) is 5.87. The van der Waals surface area contributed by atoms with Gasteiger partial charge in [0.2, 0.25) is 5.82 Å². The number of rotatable bonds is 8. The van der Waals surface area contributed by atoms with Gasteiger partial charge < -0.3 is 4.74 Å². The van der Waals surface area contributed by atoms with Crippen molar-refractivity contribution in [3.05, 3.63) is 78.1 Å². The summed E-state index contributed by atoms with van der Waals surface area (Å²) in [6, 6.07) is 15.0. The number of tetrazole rings is 1. The second-order valence-corrected chi connectivity index (χ2v) is 8.00. The Morgan fingerprint density at radius 1 is 1.11 bits per heavy atom. The first kappa shape index (κ1) is 22.7. The standard InChI is InChI=1S/C24H21F2N6O3/c1-34-32(23(33)17-5-3-11-27-14-17,18-6-2-4-16(12-18)22-28-30-31-29-22)19-9-10-21(35-24(25)26)20(13-19)15-7-8-15/h2-6,9-15,24H,7-8H2,1H3,(H,28,29,30,31)/q+1. The van der Waals surface area contributed by atoms with Gasteiger partial charge in [-0.15, -0.1) is 10.2 Å². The number of carbonyl (C=O) groups excluding carboxylic acids is 1. The molecule has 11 heteroatoms. The van der Waals surface area contributed by atoms with E-state index in [0.717, 1.165) is 12.8 Å². The number of ether oxygens (including phenoxy) is 1. The lowest BCUT2D eigenvalue weighted by Gasteiger charge is -2.31. The van der Waals surface area contributed by atoms with Crippen LogP contribution in [0.1, 0.15) is 34.7 Å². The minimum atomic E-state index is -2.95. The summed E-state index contributed by atoms with van der Waals surface area (Å²) in [7, 11) is 1.41. The molecular weight excluding hydrogens is 458 g/mol. The van der Waals surface area contributed by atoms with E-state index < -0.39 is 17.2 Å². The van der Waals surface area contributed by atoms with Gasteiger partial charge in [0.15, 0.2) is 11.4 Å². The number of carbonyl (C=O) groups is 1. The number of amides is 1. The van der Waals surface area contributed by atoms with Crippen LogP contribution >= 0.6 is 0 Å². The zero-order valence-electron chi connectivity index (χ0n) is 18.6. The Labute approximate surface area is 198 Å². The summed E-state index contributed by atoms with van der Waals surface area (Å²) in [5.74, 6) is 0.0841. The van der Waals surface area contributed by atoms with Crippen LogP contribution in [0.15, 0.2) is 67.0 Å². The van der Waals surface area contributed by atoms with Crippen LogP contribution in [0.4, 0.5) is 20.2 Å². The summed E-state index contributed by atoms with van der Waals surface area (Å²) in [4.78, 5) is 24.1. The highest BCUT2D eigenvalue weighted by Gasteiger charge is 2.46. The molecule has 5 rings (SSSR count). The average molecular weight is 479 g/mol. The summed E-state index contributed by atoms with van der Waals surface area (Å²) in [6.07, 6.45) is 4.71. The number of aromatic amines is 1. The molecule has 1 aliphatic rings. The number of hydroxylamine groups is 1. The van der Waals surface area contributed by atoms with Gasteiger partial charge in [-0.25, -0.2) is 4.79 Å². The monoisotopic (exact) mass is 479 g/mol. The van der Waals surface area contributed by atoms with Crippen molar-refractivity contribution in [3.8, 4) is 17.1 Å². The molecule has 1 aliphatic carbocycles. The zero-order chi connectivity index (χ0) is 24.4. The van der Waals surface area contributed by atoms with Gasteiger partial charge in [0.05, 0.1) is 7.11 Å². The van der Waals surface area contributed by atoms with Gasteiger partial charge in [0, 0.05) is 47.8 Å². The van der Waals surface area contributed by atoms with E-state index in [4.69, 9.17) is 9.57 Å². The molecule has 0 saturated heterocycles. The van der Waals surface area contributed by atoms with E-state index in [0.29, 0.717) is 33.9 Å². The molecule has 1 amide bonds. The number of hydrogen-bond acceptors (Lipinski definition) is 7. The lowest BCUT2D eigenvalue weighted by Crippen LogP contribution is -2.49. The van der Waals surface area contributed by atoms with Crippen molar-refractivity contribution in [2.24, 2.45) is 0 Å². The van der Waals surface area contributed by atoms with Gasteiger partial charge in [-0.2, -0.15) is 18.8 Å². The van der Waals surface area contributed by atoms with E-state index in [9.17, 15) is 13.6 Å². The molecule has 1 saturated carbocycles. The van der Waals surface area contributed by atoms with Crippen molar-refractivity contribution >= 4 is 17.3 Å². The van der Waals surface area contributed by atoms with Crippen LogP contribution in [-0.4, -0.2) is 45.2 Å². The van der Waals surface area contributed by atoms with Gasteiger partial charge in [0.1, 0.15) is 11.3 Å². The first-order valence-electron chi connectivity index (χ1n) is 10.9. The summed E-state index contributed by atoms with van der Waals surface area (Å²) >= 11 is 0. The molecule has 2 aromatic heterocycles. The van der Waals surface area contributed by atoms with Gasteiger partial charge in [0.25, 0.3) is 0 Å². The molecule has 1 N–H and O–H groups in total. The summed E-state index contributed by atoms with van der Waals surface area (Å²) < 4.78 is 30.2. The van der Waals surface area contributed by atoms with Crippen molar-refractivity contribution in [3.63, 3.8) is 0 Å². The van der Waals surface area contributed by atoms with Crippen molar-refractivity contribution < 1.29 is 23.1 Å². The van der Waals surface area contributed by atoms with Gasteiger partial charge in [-0.3, -0.25) is 4.98 Å². The Morgan fingerprint density at radius 3 is 2.60 bits per heavy atom. The number of aromatic nitrogens is 5. The van der Waals surface area contributed by atoms with Crippen LogP contribution in [-0.2, 0) is 4.84 Å². The van der Waals surface area contributed by atoms with Crippen LogP contribution in [0.5, 0.6) is 5.75 Å². The van der Waals surface area contributed by atoms with Gasteiger partial charge >= 0.3 is 12.5 Å². The maximum atomic E-state index is 14.1. The fraction of sp³-hybridized carbons (Fsp3) is 0.208. The van der Waals surface area contributed by atoms with E-state index in [2.05, 4.69) is 25.6 Å². The van der Waals surface area contributed by atoms with E-state index >= 15 is 0 Å². The largest absolute Gasteiger partial charge is 0.435 e. The number of nitrogens with one attached hydrogen (secondary N) is 1. The van der Waals surface area contributed by atoms with Crippen LogP contribution in [0.25, 0.3) is 11.4 Å². The summed E-state index contributed by atoms with van der Waals surface area (Å²) in [5.41, 5.74) is 2.40. The van der Waals surface area contributed by atoms with E-state index in [1.807, 2.05) is 0 Å². The summed E-state index contributed by atoms with van der Waals surface area (Å²) in [6.45, 7) is -2.95. The maximum absolute atomic E-state index is 14.1. The number of benzene rings is 2. The molecule has 0 bridgehead atoms. The Kier molecular flexibility index (Phi) is 6.01. The molecule has 9 nitrogen and oxygen atoms in total. The first-order chi connectivity index (χ1) is 17.0. The topological polar surface area (TPSA) is 103 Å². The molecule has 1 atom stereocenters. The highest BCUT2D eigenvalue weighted by molar-refractivity contribution is 6.05. The minimum absolute atomic E-state index is 0.0709. The van der Waals surface area contributed by atoms with Crippen LogP contribution < -0.4 is 9.38 Å². The number of nitrogens with zero attached hydrogens (tertiary/aromatic N) is 5. The molecule has 178 valence electrons. The van der Waals surface area contributed by atoms with Crippen LogP contribution in [0.3, 0.4) is 0 Å². The molecular formula is C24H21F2N6O3+. The Balaban J connectivity index is 1.71. The number of hydrogen-bond donors (Lipinski definition) is 1. The van der Waals surface area contributed by atoms with Crippen molar-refractivity contribution in [2.75, 3.05) is 7.11 Å². The second-order valence-electron chi connectivity index (χ2n) is 8.00. The molecule has 2 aromatic carbocycles. The average Bonchev–Trinajstić information content (AvgIpc) is 3.58. The number of alkyl halides is 2. The molecule has 2 heterocycles. The number of halogens is 2. The predicted octanol–water partition coefficient (Wildman–Crippen LogP) is 4.78. The van der Waals surface area contributed by atoms with Gasteiger partial charge in [-0.05, 0) is 46.8 Å². The Hall–Kier alpha value is -4.09. The number of quaternary nitrogens is 1. The highest BCUT2D eigenvalue weighted by Crippen LogP contribution is 2.48. The Bertz CT molecular complexity index is 1330. The highest BCUT2D eigenvalue weighted by atomic mass is 19.3. The zero-order valence-corrected chi connectivity index (χ0v) is 18.6. The van der Waals surface area contributed by atoms with Crippen molar-refractivity contribution in [1.82, 2.24) is 30.3 Å². The van der Waals surface area contributed by atoms with Crippen molar-refractivity contribution in [2.45, 2.75) is 25.4 Å².